The van der Waals surface area contributed by atoms with E-state index in [0.29, 0.717) is 5.92 Å². The van der Waals surface area contributed by atoms with E-state index in [1.54, 1.807) is 11.3 Å². The van der Waals surface area contributed by atoms with Gasteiger partial charge in [-0.15, -0.1) is 10.2 Å². The molecular weight excluding hydrogens is 346 g/mol. The molecule has 1 atom stereocenters. The number of hydrogen-bond donors (Lipinski definition) is 0. The highest BCUT2D eigenvalue weighted by molar-refractivity contribution is 7.16. The van der Waals surface area contributed by atoms with Gasteiger partial charge in [-0.3, -0.25) is 4.79 Å². The summed E-state index contributed by atoms with van der Waals surface area (Å²) in [6.45, 7) is 5.10. The molecule has 136 valence electrons. The molecule has 1 fully saturated rings. The Hall–Kier alpha value is -2.28. The summed E-state index contributed by atoms with van der Waals surface area (Å²) in [7, 11) is 0. The second-order valence-corrected chi connectivity index (χ2v) is 8.21. The third-order valence-electron chi connectivity index (χ3n) is 4.73. The van der Waals surface area contributed by atoms with Crippen LogP contribution in [0.1, 0.15) is 60.3 Å². The van der Waals surface area contributed by atoms with Crippen LogP contribution >= 0.6 is 11.3 Å². The van der Waals surface area contributed by atoms with Crippen LogP contribution in [-0.2, 0) is 6.42 Å². The molecule has 0 radical (unpaired) electrons. The number of amides is 1. The zero-order chi connectivity index (χ0) is 18.1. The van der Waals surface area contributed by atoms with Gasteiger partial charge in [0.15, 0.2) is 5.82 Å². The lowest BCUT2D eigenvalue weighted by atomic mass is 10.0. The standard InChI is InChI=1S/C19H23N5OS/c1-13(2)12-16-20-21-19-24(16)22-17(26-19)15-10-6-7-11-23(15)18(25)14-8-4-3-5-9-14/h3-5,8-9,13,15H,6-7,10-12H2,1-2H3/t15-/m1/s1. The van der Waals surface area contributed by atoms with Gasteiger partial charge in [0.2, 0.25) is 4.96 Å². The van der Waals surface area contributed by atoms with Crippen molar-refractivity contribution in [3.05, 3.63) is 46.7 Å². The van der Waals surface area contributed by atoms with Crippen molar-refractivity contribution in [3.63, 3.8) is 0 Å². The Kier molecular flexibility index (Phi) is 4.72. The highest BCUT2D eigenvalue weighted by atomic mass is 32.1. The molecule has 7 heteroatoms. The Balaban J connectivity index is 1.65. The zero-order valence-electron chi connectivity index (χ0n) is 15.1. The molecule has 0 N–H and O–H groups in total. The monoisotopic (exact) mass is 369 g/mol. The highest BCUT2D eigenvalue weighted by Crippen LogP contribution is 2.34. The molecule has 3 heterocycles. The van der Waals surface area contributed by atoms with Crippen LogP contribution < -0.4 is 0 Å². The van der Waals surface area contributed by atoms with E-state index < -0.39 is 0 Å². The molecule has 6 nitrogen and oxygen atoms in total. The molecule has 0 saturated carbocycles. The summed E-state index contributed by atoms with van der Waals surface area (Å²) in [5.74, 6) is 1.48. The second kappa shape index (κ2) is 7.15. The molecule has 4 rings (SSSR count). The van der Waals surface area contributed by atoms with E-state index in [0.717, 1.165) is 53.6 Å². The molecule has 1 aliphatic heterocycles. The summed E-state index contributed by atoms with van der Waals surface area (Å²) in [4.78, 5) is 15.8. The maximum atomic E-state index is 13.0. The van der Waals surface area contributed by atoms with Crippen LogP contribution in [0.5, 0.6) is 0 Å². The number of nitrogens with zero attached hydrogens (tertiary/aromatic N) is 5. The number of rotatable bonds is 4. The van der Waals surface area contributed by atoms with Gasteiger partial charge in [0.1, 0.15) is 5.01 Å². The Bertz CT molecular complexity index is 901. The van der Waals surface area contributed by atoms with Crippen molar-refractivity contribution >= 4 is 22.2 Å². The summed E-state index contributed by atoms with van der Waals surface area (Å²) < 4.78 is 1.86. The van der Waals surface area contributed by atoms with Crippen LogP contribution in [0.15, 0.2) is 30.3 Å². The fourth-order valence-corrected chi connectivity index (χ4v) is 4.48. The number of carbonyl (C=O) groups is 1. The van der Waals surface area contributed by atoms with Crippen molar-refractivity contribution < 1.29 is 4.79 Å². The van der Waals surface area contributed by atoms with Crippen molar-refractivity contribution in [1.29, 1.82) is 0 Å². The molecule has 0 bridgehead atoms. The molecule has 1 aromatic carbocycles. The summed E-state index contributed by atoms with van der Waals surface area (Å²) >= 11 is 1.55. The average Bonchev–Trinajstić information content (AvgIpc) is 3.23. The van der Waals surface area contributed by atoms with Crippen LogP contribution in [0.2, 0.25) is 0 Å². The number of carbonyl (C=O) groups excluding carboxylic acids is 1. The second-order valence-electron chi connectivity index (χ2n) is 7.23. The van der Waals surface area contributed by atoms with Gasteiger partial charge in [-0.25, -0.2) is 0 Å². The fraction of sp³-hybridized carbons (Fsp3) is 0.474. The topological polar surface area (TPSA) is 63.4 Å². The van der Waals surface area contributed by atoms with Crippen LogP contribution in [0.3, 0.4) is 0 Å². The SMILES string of the molecule is CC(C)Cc1nnc2sc([C@H]3CCCCN3C(=O)c3ccccc3)nn12. The predicted molar refractivity (Wildman–Crippen MR) is 101 cm³/mol. The third-order valence-corrected chi connectivity index (χ3v) is 5.73. The predicted octanol–water partition coefficient (Wildman–Crippen LogP) is 3.75. The number of likely N-dealkylation sites (tertiary alicyclic amines) is 1. The molecular formula is C19H23N5OS. The molecule has 1 saturated heterocycles. The molecule has 0 unspecified atom stereocenters. The quantitative estimate of drug-likeness (QED) is 0.702. The zero-order valence-corrected chi connectivity index (χ0v) is 15.9. The Morgan fingerprint density at radius 1 is 1.23 bits per heavy atom. The van der Waals surface area contributed by atoms with Crippen molar-refractivity contribution in [2.24, 2.45) is 5.92 Å². The van der Waals surface area contributed by atoms with Crippen molar-refractivity contribution in [3.8, 4) is 0 Å². The first-order valence-corrected chi connectivity index (χ1v) is 10.0. The summed E-state index contributed by atoms with van der Waals surface area (Å²) in [5, 5.41) is 14.3. The lowest BCUT2D eigenvalue weighted by Gasteiger charge is -2.34. The van der Waals surface area contributed by atoms with E-state index in [9.17, 15) is 4.79 Å². The lowest BCUT2D eigenvalue weighted by Crippen LogP contribution is -2.38. The minimum absolute atomic E-state index is 0.0232. The molecule has 26 heavy (non-hydrogen) atoms. The largest absolute Gasteiger partial charge is 0.329 e. The van der Waals surface area contributed by atoms with Gasteiger partial charge < -0.3 is 4.90 Å². The maximum absolute atomic E-state index is 13.0. The van der Waals surface area contributed by atoms with E-state index >= 15 is 0 Å². The molecule has 0 aliphatic carbocycles. The van der Waals surface area contributed by atoms with Gasteiger partial charge in [-0.05, 0) is 37.3 Å². The maximum Gasteiger partial charge on any atom is 0.254 e. The first kappa shape index (κ1) is 17.1. The number of piperidine rings is 1. The number of benzene rings is 1. The van der Waals surface area contributed by atoms with Crippen LogP contribution in [0.4, 0.5) is 0 Å². The Labute approximate surface area is 156 Å². The smallest absolute Gasteiger partial charge is 0.254 e. The van der Waals surface area contributed by atoms with Gasteiger partial charge in [0.25, 0.3) is 5.91 Å². The number of aromatic nitrogens is 4. The molecule has 1 aliphatic rings. The molecule has 0 spiro atoms. The van der Waals surface area contributed by atoms with Crippen LogP contribution in [-0.4, -0.2) is 37.2 Å². The molecule has 3 aromatic rings. The summed E-state index contributed by atoms with van der Waals surface area (Å²) in [6, 6.07) is 9.54. The lowest BCUT2D eigenvalue weighted by molar-refractivity contribution is 0.0610. The van der Waals surface area contributed by atoms with E-state index in [1.165, 1.54) is 0 Å². The van der Waals surface area contributed by atoms with E-state index in [1.807, 2.05) is 39.7 Å². The van der Waals surface area contributed by atoms with Crippen molar-refractivity contribution in [2.45, 2.75) is 45.6 Å². The highest BCUT2D eigenvalue weighted by Gasteiger charge is 2.31. The number of fused-ring (bicyclic) bond motifs is 1. The summed E-state index contributed by atoms with van der Waals surface area (Å²) in [6.07, 6.45) is 3.95. The Morgan fingerprint density at radius 3 is 2.81 bits per heavy atom. The van der Waals surface area contributed by atoms with E-state index in [2.05, 4.69) is 24.0 Å². The van der Waals surface area contributed by atoms with E-state index in [4.69, 9.17) is 5.10 Å². The summed E-state index contributed by atoms with van der Waals surface area (Å²) in [5.41, 5.74) is 0.739. The molecule has 1 amide bonds. The van der Waals surface area contributed by atoms with Crippen molar-refractivity contribution in [1.82, 2.24) is 24.7 Å². The average molecular weight is 369 g/mol. The number of hydrogen-bond acceptors (Lipinski definition) is 5. The molecule has 2 aromatic heterocycles. The Morgan fingerprint density at radius 2 is 2.04 bits per heavy atom. The minimum Gasteiger partial charge on any atom is -0.329 e. The normalized spacial score (nSPS) is 18.0. The van der Waals surface area contributed by atoms with Gasteiger partial charge in [-0.2, -0.15) is 9.61 Å². The van der Waals surface area contributed by atoms with Gasteiger partial charge in [0.05, 0.1) is 6.04 Å². The van der Waals surface area contributed by atoms with Crippen molar-refractivity contribution in [2.75, 3.05) is 6.54 Å². The first-order valence-electron chi connectivity index (χ1n) is 9.20. The minimum atomic E-state index is 0.0232. The van der Waals surface area contributed by atoms with Gasteiger partial charge >= 0.3 is 0 Å². The van der Waals surface area contributed by atoms with E-state index in [-0.39, 0.29) is 11.9 Å². The van der Waals surface area contributed by atoms with Gasteiger partial charge in [-0.1, -0.05) is 43.4 Å². The van der Waals surface area contributed by atoms with Crippen LogP contribution in [0, 0.1) is 5.92 Å². The fourth-order valence-electron chi connectivity index (χ4n) is 3.48. The van der Waals surface area contributed by atoms with Gasteiger partial charge in [0, 0.05) is 18.5 Å². The third kappa shape index (κ3) is 3.23. The first-order chi connectivity index (χ1) is 12.6. The van der Waals surface area contributed by atoms with Crippen LogP contribution in [0.25, 0.3) is 4.96 Å².